The predicted molar refractivity (Wildman–Crippen MR) is 116 cm³/mol. The van der Waals surface area contributed by atoms with Crippen molar-refractivity contribution in [1.82, 2.24) is 14.1 Å². The van der Waals surface area contributed by atoms with Crippen molar-refractivity contribution < 1.29 is 22.6 Å². The van der Waals surface area contributed by atoms with Gasteiger partial charge in [-0.3, -0.25) is 14.9 Å². The Bertz CT molecular complexity index is 1090. The molecule has 0 atom stereocenters. The number of furan rings is 1. The van der Waals surface area contributed by atoms with Crippen LogP contribution in [0.4, 0.5) is 11.4 Å². The first-order valence-electron chi connectivity index (χ1n) is 10.3. The highest BCUT2D eigenvalue weighted by Crippen LogP contribution is 2.32. The smallest absolute Gasteiger partial charge is 0.293 e. The van der Waals surface area contributed by atoms with Gasteiger partial charge in [-0.2, -0.15) is 4.31 Å². The van der Waals surface area contributed by atoms with Gasteiger partial charge in [-0.1, -0.05) is 0 Å². The Morgan fingerprint density at radius 1 is 1.03 bits per heavy atom. The topological polar surface area (TPSA) is 120 Å². The van der Waals surface area contributed by atoms with E-state index in [-0.39, 0.29) is 16.5 Å². The number of carbonyl (C=O) groups is 1. The second-order valence-corrected chi connectivity index (χ2v) is 9.84. The van der Waals surface area contributed by atoms with Gasteiger partial charge in [-0.15, -0.1) is 0 Å². The Kier molecular flexibility index (Phi) is 6.17. The molecule has 2 aliphatic rings. The van der Waals surface area contributed by atoms with Gasteiger partial charge in [0.2, 0.25) is 10.0 Å². The van der Waals surface area contributed by atoms with E-state index in [1.54, 1.807) is 11.0 Å². The number of piperazine rings is 2. The zero-order valence-electron chi connectivity index (χ0n) is 17.7. The average Bonchev–Trinajstić information content (AvgIpc) is 3.33. The third-order valence-corrected chi connectivity index (χ3v) is 7.81. The van der Waals surface area contributed by atoms with E-state index in [1.807, 2.05) is 16.8 Å². The van der Waals surface area contributed by atoms with Crippen LogP contribution in [0.2, 0.25) is 0 Å². The molecular formula is C20H25N5O6S. The number of likely N-dealkylation sites (N-methyl/N-ethyl adjacent to an activating group) is 1. The number of hydrogen-bond donors (Lipinski definition) is 0. The molecule has 0 bridgehead atoms. The molecule has 2 fully saturated rings. The van der Waals surface area contributed by atoms with Gasteiger partial charge in [0.25, 0.3) is 11.6 Å². The molecule has 12 heteroatoms. The van der Waals surface area contributed by atoms with Crippen molar-refractivity contribution in [2.75, 3.05) is 64.3 Å². The molecule has 172 valence electrons. The molecule has 0 unspecified atom stereocenters. The molecule has 0 radical (unpaired) electrons. The number of nitrogens with zero attached hydrogens (tertiary/aromatic N) is 5. The molecule has 32 heavy (non-hydrogen) atoms. The number of benzene rings is 1. The highest BCUT2D eigenvalue weighted by molar-refractivity contribution is 7.89. The lowest BCUT2D eigenvalue weighted by Crippen LogP contribution is -2.49. The Morgan fingerprint density at radius 3 is 2.31 bits per heavy atom. The second kappa shape index (κ2) is 8.88. The Hall–Kier alpha value is -2.96. The summed E-state index contributed by atoms with van der Waals surface area (Å²) >= 11 is 0. The number of carbonyl (C=O) groups excluding carboxylic acids is 1. The summed E-state index contributed by atoms with van der Waals surface area (Å²) in [7, 11) is -1.89. The molecule has 0 N–H and O–H groups in total. The largest absolute Gasteiger partial charge is 0.472 e. The highest BCUT2D eigenvalue weighted by atomic mass is 32.2. The first-order chi connectivity index (χ1) is 15.3. The van der Waals surface area contributed by atoms with E-state index in [0.717, 1.165) is 6.07 Å². The van der Waals surface area contributed by atoms with Gasteiger partial charge in [0, 0.05) is 58.4 Å². The molecule has 11 nitrogen and oxygen atoms in total. The molecule has 3 heterocycles. The lowest BCUT2D eigenvalue weighted by atomic mass is 10.2. The number of rotatable bonds is 5. The van der Waals surface area contributed by atoms with E-state index in [4.69, 9.17) is 4.42 Å². The van der Waals surface area contributed by atoms with E-state index < -0.39 is 14.9 Å². The standard InChI is InChI=1S/C20H25N5O6S/c1-21-5-11-24(12-6-21)32(29,30)17-2-3-18(19(14-17)25(27)28)22-7-9-23(10-8-22)20(26)16-4-13-31-15-16/h2-4,13-15H,5-12H2,1H3. The average molecular weight is 464 g/mol. The van der Waals surface area contributed by atoms with Crippen LogP contribution in [0.1, 0.15) is 10.4 Å². The summed E-state index contributed by atoms with van der Waals surface area (Å²) in [6, 6.07) is 5.67. The van der Waals surface area contributed by atoms with Crippen LogP contribution in [0, 0.1) is 10.1 Å². The number of hydrogen-bond acceptors (Lipinski definition) is 8. The predicted octanol–water partition coefficient (Wildman–Crippen LogP) is 1.09. The van der Waals surface area contributed by atoms with Gasteiger partial charge in [-0.05, 0) is 25.2 Å². The maximum Gasteiger partial charge on any atom is 0.293 e. The third kappa shape index (κ3) is 4.33. The quantitative estimate of drug-likeness (QED) is 0.477. The van der Waals surface area contributed by atoms with Gasteiger partial charge in [0.1, 0.15) is 12.0 Å². The number of amides is 1. The van der Waals surface area contributed by atoms with Crippen LogP contribution in [0.5, 0.6) is 0 Å². The van der Waals surface area contributed by atoms with E-state index in [1.165, 1.54) is 29.0 Å². The van der Waals surface area contributed by atoms with Crippen LogP contribution in [0.25, 0.3) is 0 Å². The molecule has 2 aromatic rings. The van der Waals surface area contributed by atoms with Crippen LogP contribution in [-0.2, 0) is 10.0 Å². The van der Waals surface area contributed by atoms with Crippen molar-refractivity contribution in [2.24, 2.45) is 0 Å². The fourth-order valence-corrected chi connectivity index (χ4v) is 5.42. The van der Waals surface area contributed by atoms with Crippen molar-refractivity contribution in [3.8, 4) is 0 Å². The second-order valence-electron chi connectivity index (χ2n) is 7.91. The summed E-state index contributed by atoms with van der Waals surface area (Å²) in [5, 5.41) is 11.8. The summed E-state index contributed by atoms with van der Waals surface area (Å²) in [5.74, 6) is -0.151. The van der Waals surface area contributed by atoms with Gasteiger partial charge in [-0.25, -0.2) is 8.42 Å². The fraction of sp³-hybridized carbons (Fsp3) is 0.450. The minimum Gasteiger partial charge on any atom is -0.472 e. The number of nitro benzene ring substituents is 1. The maximum atomic E-state index is 13.0. The van der Waals surface area contributed by atoms with Crippen LogP contribution < -0.4 is 4.90 Å². The normalized spacial score (nSPS) is 18.7. The van der Waals surface area contributed by atoms with Crippen molar-refractivity contribution in [3.05, 3.63) is 52.5 Å². The molecule has 0 aliphatic carbocycles. The van der Waals surface area contributed by atoms with E-state index >= 15 is 0 Å². The zero-order chi connectivity index (χ0) is 22.9. The zero-order valence-corrected chi connectivity index (χ0v) is 18.5. The first-order valence-corrected chi connectivity index (χ1v) is 11.7. The van der Waals surface area contributed by atoms with E-state index in [0.29, 0.717) is 63.6 Å². The number of nitro groups is 1. The monoisotopic (exact) mass is 463 g/mol. The molecule has 1 amide bonds. The lowest BCUT2D eigenvalue weighted by molar-refractivity contribution is -0.384. The van der Waals surface area contributed by atoms with Gasteiger partial charge < -0.3 is 19.1 Å². The highest BCUT2D eigenvalue weighted by Gasteiger charge is 2.32. The van der Waals surface area contributed by atoms with Gasteiger partial charge in [0.15, 0.2) is 0 Å². The summed E-state index contributed by atoms with van der Waals surface area (Å²) in [4.78, 5) is 29.1. The Morgan fingerprint density at radius 2 is 1.72 bits per heavy atom. The number of anilines is 1. The van der Waals surface area contributed by atoms with Crippen molar-refractivity contribution in [1.29, 1.82) is 0 Å². The van der Waals surface area contributed by atoms with E-state index in [2.05, 4.69) is 0 Å². The lowest BCUT2D eigenvalue weighted by Gasteiger charge is -2.35. The maximum absolute atomic E-state index is 13.0. The summed E-state index contributed by atoms with van der Waals surface area (Å²) in [5.41, 5.74) is 0.556. The molecular weight excluding hydrogens is 438 g/mol. The number of sulfonamides is 1. The SMILES string of the molecule is CN1CCN(S(=O)(=O)c2ccc(N3CCN(C(=O)c4ccoc4)CC3)c([N+](=O)[O-])c2)CC1. The van der Waals surface area contributed by atoms with Crippen LogP contribution in [0.15, 0.2) is 46.1 Å². The van der Waals surface area contributed by atoms with Crippen LogP contribution >= 0.6 is 0 Å². The first kappa shape index (κ1) is 22.2. The Labute approximate surface area is 186 Å². The molecule has 4 rings (SSSR count). The summed E-state index contributed by atoms with van der Waals surface area (Å²) in [6.45, 7) is 3.50. The summed E-state index contributed by atoms with van der Waals surface area (Å²) < 4.78 is 32.3. The fourth-order valence-electron chi connectivity index (χ4n) is 3.97. The molecule has 1 aromatic heterocycles. The van der Waals surface area contributed by atoms with Gasteiger partial charge >= 0.3 is 0 Å². The minimum atomic E-state index is -3.81. The molecule has 0 saturated carbocycles. The molecule has 2 saturated heterocycles. The van der Waals surface area contributed by atoms with Crippen molar-refractivity contribution in [2.45, 2.75) is 4.90 Å². The van der Waals surface area contributed by atoms with Crippen molar-refractivity contribution >= 4 is 27.3 Å². The van der Waals surface area contributed by atoms with Crippen LogP contribution in [0.3, 0.4) is 0 Å². The van der Waals surface area contributed by atoms with Crippen LogP contribution in [-0.4, -0.2) is 92.8 Å². The molecule has 1 aromatic carbocycles. The van der Waals surface area contributed by atoms with Crippen molar-refractivity contribution in [3.63, 3.8) is 0 Å². The van der Waals surface area contributed by atoms with E-state index in [9.17, 15) is 23.3 Å². The Balaban J connectivity index is 1.52. The molecule has 2 aliphatic heterocycles. The minimum absolute atomic E-state index is 0.0775. The molecule has 0 spiro atoms. The van der Waals surface area contributed by atoms with Gasteiger partial charge in [0.05, 0.1) is 21.6 Å². The summed E-state index contributed by atoms with van der Waals surface area (Å²) in [6.07, 6.45) is 2.82. The third-order valence-electron chi connectivity index (χ3n) is 5.92.